The van der Waals surface area contributed by atoms with E-state index >= 15 is 0 Å². The first-order chi connectivity index (χ1) is 11.0. The third kappa shape index (κ3) is 3.70. The van der Waals surface area contributed by atoms with Gasteiger partial charge in [-0.1, -0.05) is 24.3 Å². The summed E-state index contributed by atoms with van der Waals surface area (Å²) in [5.74, 6) is -0.344. The zero-order valence-corrected chi connectivity index (χ0v) is 12.3. The van der Waals surface area contributed by atoms with Gasteiger partial charge in [0.2, 0.25) is 0 Å². The highest BCUT2D eigenvalue weighted by atomic mass is 16.6. The van der Waals surface area contributed by atoms with Crippen LogP contribution in [-0.4, -0.2) is 30.8 Å². The van der Waals surface area contributed by atoms with Gasteiger partial charge >= 0.3 is 0 Å². The summed E-state index contributed by atoms with van der Waals surface area (Å²) < 4.78 is 5.30. The lowest BCUT2D eigenvalue weighted by molar-refractivity contribution is -0.385. The number of anilines is 1. The Hall–Kier alpha value is -3.22. The van der Waals surface area contributed by atoms with Crippen LogP contribution >= 0.6 is 0 Å². The number of benzene rings is 2. The van der Waals surface area contributed by atoms with Crippen LogP contribution in [0.1, 0.15) is 10.4 Å². The van der Waals surface area contributed by atoms with Crippen LogP contribution in [0.4, 0.5) is 11.4 Å². The number of nitro benzene ring substituents is 1. The highest BCUT2D eigenvalue weighted by molar-refractivity contribution is 5.94. The first-order valence-corrected chi connectivity index (χ1v) is 6.71. The van der Waals surface area contributed by atoms with Crippen molar-refractivity contribution in [3.8, 4) is 5.75 Å². The molecule has 2 rings (SSSR count). The molecule has 0 saturated heterocycles. The molecule has 0 fully saturated rings. The Kier molecular flexibility index (Phi) is 5.03. The van der Waals surface area contributed by atoms with Gasteiger partial charge in [0.1, 0.15) is 11.3 Å². The maximum Gasteiger partial charge on any atom is 0.283 e. The number of amides is 1. The molecular formula is C16H14N2O5. The first kappa shape index (κ1) is 16.2. The predicted molar refractivity (Wildman–Crippen MR) is 83.8 cm³/mol. The number of carbonyl (C=O) groups is 2. The van der Waals surface area contributed by atoms with E-state index in [9.17, 15) is 19.7 Å². The molecular weight excluding hydrogens is 300 g/mol. The molecule has 0 heterocycles. The molecule has 2 aromatic carbocycles. The Labute approximate surface area is 132 Å². The molecule has 0 bridgehead atoms. The van der Waals surface area contributed by atoms with E-state index in [1.54, 1.807) is 31.3 Å². The summed E-state index contributed by atoms with van der Waals surface area (Å²) in [5, 5.41) is 10.9. The molecule has 0 aliphatic rings. The Morgan fingerprint density at radius 1 is 1.22 bits per heavy atom. The van der Waals surface area contributed by atoms with Crippen molar-refractivity contribution in [1.82, 2.24) is 0 Å². The zero-order chi connectivity index (χ0) is 16.8. The molecule has 7 nitrogen and oxygen atoms in total. The lowest BCUT2D eigenvalue weighted by Crippen LogP contribution is -2.31. The number of likely N-dealkylation sites (N-methyl/N-ethyl adjacent to an activating group) is 1. The van der Waals surface area contributed by atoms with Gasteiger partial charge in [-0.3, -0.25) is 19.7 Å². The predicted octanol–water partition coefficient (Wildman–Crippen LogP) is 2.45. The molecule has 0 unspecified atom stereocenters. The van der Waals surface area contributed by atoms with Crippen molar-refractivity contribution >= 4 is 23.6 Å². The van der Waals surface area contributed by atoms with Crippen LogP contribution in [-0.2, 0) is 4.79 Å². The van der Waals surface area contributed by atoms with Crippen molar-refractivity contribution in [1.29, 1.82) is 0 Å². The topological polar surface area (TPSA) is 89.8 Å². The minimum absolute atomic E-state index is 0.00371. The van der Waals surface area contributed by atoms with E-state index in [-0.39, 0.29) is 29.5 Å². The fourth-order valence-electron chi connectivity index (χ4n) is 1.97. The number of hydrogen-bond donors (Lipinski definition) is 0. The number of rotatable bonds is 6. The number of aldehydes is 1. The Balaban J connectivity index is 2.12. The molecule has 0 N–H and O–H groups in total. The fourth-order valence-corrected chi connectivity index (χ4v) is 1.97. The zero-order valence-electron chi connectivity index (χ0n) is 12.3. The van der Waals surface area contributed by atoms with Gasteiger partial charge in [-0.15, -0.1) is 0 Å². The number of carbonyl (C=O) groups excluding carboxylic acids is 2. The van der Waals surface area contributed by atoms with Crippen molar-refractivity contribution in [2.45, 2.75) is 0 Å². The van der Waals surface area contributed by atoms with Gasteiger partial charge in [-0.2, -0.15) is 0 Å². The SMILES string of the molecule is CN(C(=O)COc1cccc([N+](=O)[O-])c1C=O)c1ccccc1. The van der Waals surface area contributed by atoms with Crippen LogP contribution in [0.3, 0.4) is 0 Å². The van der Waals surface area contributed by atoms with Gasteiger partial charge < -0.3 is 9.64 Å². The molecule has 2 aromatic rings. The fraction of sp³-hybridized carbons (Fsp3) is 0.125. The molecule has 0 spiro atoms. The quantitative estimate of drug-likeness (QED) is 0.464. The number of para-hydroxylation sites is 1. The summed E-state index contributed by atoms with van der Waals surface area (Å²) in [6.45, 7) is -0.340. The van der Waals surface area contributed by atoms with Crippen LogP contribution < -0.4 is 9.64 Å². The summed E-state index contributed by atoms with van der Waals surface area (Å²) in [6, 6.07) is 13.0. The molecule has 0 aliphatic heterocycles. The van der Waals surface area contributed by atoms with E-state index in [1.165, 1.54) is 23.1 Å². The number of ether oxygens (including phenoxy) is 1. The number of nitrogens with zero attached hydrogens (tertiary/aromatic N) is 2. The highest BCUT2D eigenvalue weighted by Crippen LogP contribution is 2.26. The molecule has 0 radical (unpaired) electrons. The molecule has 7 heteroatoms. The van der Waals surface area contributed by atoms with Crippen LogP contribution in [0, 0.1) is 10.1 Å². The largest absolute Gasteiger partial charge is 0.483 e. The third-order valence-corrected chi connectivity index (χ3v) is 3.23. The van der Waals surface area contributed by atoms with E-state index in [0.717, 1.165) is 0 Å². The summed E-state index contributed by atoms with van der Waals surface area (Å²) in [7, 11) is 1.59. The molecule has 0 atom stereocenters. The van der Waals surface area contributed by atoms with Gasteiger partial charge in [-0.05, 0) is 18.2 Å². The summed E-state index contributed by atoms with van der Waals surface area (Å²) in [5.41, 5.74) is 0.143. The van der Waals surface area contributed by atoms with Gasteiger partial charge in [-0.25, -0.2) is 0 Å². The van der Waals surface area contributed by atoms with Gasteiger partial charge in [0, 0.05) is 18.8 Å². The third-order valence-electron chi connectivity index (χ3n) is 3.23. The van der Waals surface area contributed by atoms with Crippen molar-refractivity contribution in [3.63, 3.8) is 0 Å². The summed E-state index contributed by atoms with van der Waals surface area (Å²) >= 11 is 0. The van der Waals surface area contributed by atoms with E-state index in [2.05, 4.69) is 0 Å². The Bertz CT molecular complexity index is 731. The maximum absolute atomic E-state index is 12.1. The van der Waals surface area contributed by atoms with E-state index in [1.807, 2.05) is 6.07 Å². The molecule has 0 saturated carbocycles. The second kappa shape index (κ2) is 7.17. The van der Waals surface area contributed by atoms with Crippen molar-refractivity contribution in [3.05, 3.63) is 64.2 Å². The molecule has 1 amide bonds. The monoisotopic (exact) mass is 314 g/mol. The van der Waals surface area contributed by atoms with E-state index in [0.29, 0.717) is 12.0 Å². The van der Waals surface area contributed by atoms with Crippen LogP contribution in [0.15, 0.2) is 48.5 Å². The smallest absolute Gasteiger partial charge is 0.283 e. The maximum atomic E-state index is 12.1. The average molecular weight is 314 g/mol. The second-order valence-corrected chi connectivity index (χ2v) is 4.64. The van der Waals surface area contributed by atoms with Gasteiger partial charge in [0.05, 0.1) is 4.92 Å². The first-order valence-electron chi connectivity index (χ1n) is 6.71. The average Bonchev–Trinajstić information content (AvgIpc) is 2.59. The molecule has 0 aliphatic carbocycles. The lowest BCUT2D eigenvalue weighted by Gasteiger charge is -2.17. The van der Waals surface area contributed by atoms with Crippen LogP contribution in [0.2, 0.25) is 0 Å². The number of nitro groups is 1. The van der Waals surface area contributed by atoms with Crippen LogP contribution in [0.25, 0.3) is 0 Å². The summed E-state index contributed by atoms with van der Waals surface area (Å²) in [4.78, 5) is 34.8. The van der Waals surface area contributed by atoms with Crippen molar-refractivity contribution < 1.29 is 19.2 Å². The minimum atomic E-state index is -0.672. The number of hydrogen-bond acceptors (Lipinski definition) is 5. The van der Waals surface area contributed by atoms with Gasteiger partial charge in [0.25, 0.3) is 11.6 Å². The highest BCUT2D eigenvalue weighted by Gasteiger charge is 2.19. The normalized spacial score (nSPS) is 9.96. The lowest BCUT2D eigenvalue weighted by atomic mass is 10.2. The van der Waals surface area contributed by atoms with E-state index in [4.69, 9.17) is 4.74 Å². The molecule has 118 valence electrons. The molecule has 23 heavy (non-hydrogen) atoms. The Morgan fingerprint density at radius 2 is 1.91 bits per heavy atom. The van der Waals surface area contributed by atoms with E-state index < -0.39 is 4.92 Å². The van der Waals surface area contributed by atoms with Gasteiger partial charge in [0.15, 0.2) is 12.9 Å². The van der Waals surface area contributed by atoms with Crippen LogP contribution in [0.5, 0.6) is 5.75 Å². The molecule has 0 aromatic heterocycles. The summed E-state index contributed by atoms with van der Waals surface area (Å²) in [6.07, 6.45) is 0.346. The second-order valence-electron chi connectivity index (χ2n) is 4.64. The standard InChI is InChI=1S/C16H14N2O5/c1-17(12-6-3-2-4-7-12)16(20)11-23-15-9-5-8-14(18(21)22)13(15)10-19/h2-10H,11H2,1H3. The minimum Gasteiger partial charge on any atom is -0.483 e. The Morgan fingerprint density at radius 3 is 2.52 bits per heavy atom. The van der Waals surface area contributed by atoms with Crippen molar-refractivity contribution in [2.24, 2.45) is 0 Å². The van der Waals surface area contributed by atoms with Crippen molar-refractivity contribution in [2.75, 3.05) is 18.6 Å².